The van der Waals surface area contributed by atoms with Gasteiger partial charge in [-0.05, 0) is 30.0 Å². The van der Waals surface area contributed by atoms with E-state index in [2.05, 4.69) is 24.1 Å². The number of anilines is 2. The average Bonchev–Trinajstić information content (AvgIpc) is 2.63. The fraction of sp³-hybridized carbons (Fsp3) is 0.350. The lowest BCUT2D eigenvalue weighted by Crippen LogP contribution is -2.40. The molecule has 6 heteroatoms. The number of amides is 2. The number of carbonyl (C=O) groups excluding carboxylic acids is 2. The molecular weight excluding hydrogens is 330 g/mol. The maximum absolute atomic E-state index is 12.4. The Labute approximate surface area is 153 Å². The number of hydrogen-bond donors (Lipinski definition) is 1. The standard InChI is InChI=1S/C20H23N3O3/c1-14(2)13-26-19-9-8-16(11-21-19)22-18(24)12-23-17-6-4-3-5-15(17)7-10-20(23)25/h3-6,8-9,11,14H,7,10,12-13H2,1-2H3,(H,22,24). The van der Waals surface area contributed by atoms with Gasteiger partial charge in [0.25, 0.3) is 0 Å². The Balaban J connectivity index is 1.61. The molecule has 1 aliphatic heterocycles. The molecule has 0 saturated carbocycles. The Kier molecular flexibility index (Phi) is 5.51. The average molecular weight is 353 g/mol. The van der Waals surface area contributed by atoms with Crippen LogP contribution < -0.4 is 15.0 Å². The normalized spacial score (nSPS) is 13.5. The van der Waals surface area contributed by atoms with Gasteiger partial charge in [0.1, 0.15) is 6.54 Å². The predicted octanol–water partition coefficient (Wildman–Crippen LogP) is 3.03. The van der Waals surface area contributed by atoms with Gasteiger partial charge in [0.05, 0.1) is 18.5 Å². The topological polar surface area (TPSA) is 71.5 Å². The Hall–Kier alpha value is -2.89. The molecule has 0 saturated heterocycles. The zero-order chi connectivity index (χ0) is 18.5. The zero-order valence-electron chi connectivity index (χ0n) is 15.1. The van der Waals surface area contributed by atoms with Crippen LogP contribution in [0.3, 0.4) is 0 Å². The van der Waals surface area contributed by atoms with E-state index in [1.165, 1.54) is 0 Å². The largest absolute Gasteiger partial charge is 0.477 e. The van der Waals surface area contributed by atoms with Crippen molar-refractivity contribution in [2.24, 2.45) is 5.92 Å². The van der Waals surface area contributed by atoms with Crippen LogP contribution in [0, 0.1) is 5.92 Å². The van der Waals surface area contributed by atoms with E-state index >= 15 is 0 Å². The fourth-order valence-electron chi connectivity index (χ4n) is 2.81. The van der Waals surface area contributed by atoms with Crippen LogP contribution in [0.4, 0.5) is 11.4 Å². The van der Waals surface area contributed by atoms with E-state index in [0.29, 0.717) is 30.5 Å². The van der Waals surface area contributed by atoms with E-state index < -0.39 is 0 Å². The molecule has 2 amide bonds. The second kappa shape index (κ2) is 7.99. The van der Waals surface area contributed by atoms with Gasteiger partial charge in [0, 0.05) is 18.2 Å². The third-order valence-electron chi connectivity index (χ3n) is 4.08. The van der Waals surface area contributed by atoms with Gasteiger partial charge in [-0.2, -0.15) is 0 Å². The summed E-state index contributed by atoms with van der Waals surface area (Å²) in [5.41, 5.74) is 2.48. The number of para-hydroxylation sites is 1. The number of ether oxygens (including phenoxy) is 1. The smallest absolute Gasteiger partial charge is 0.244 e. The minimum absolute atomic E-state index is 0.0125. The van der Waals surface area contributed by atoms with Crippen LogP contribution in [0.5, 0.6) is 5.88 Å². The number of aryl methyl sites for hydroxylation is 1. The molecule has 0 radical (unpaired) electrons. The SMILES string of the molecule is CC(C)COc1ccc(NC(=O)CN2C(=O)CCc3ccccc32)cn1. The minimum Gasteiger partial charge on any atom is -0.477 e. The highest BCUT2D eigenvalue weighted by atomic mass is 16.5. The summed E-state index contributed by atoms with van der Waals surface area (Å²) in [4.78, 5) is 30.3. The minimum atomic E-state index is -0.257. The van der Waals surface area contributed by atoms with Crippen LogP contribution in [0.1, 0.15) is 25.8 Å². The molecule has 6 nitrogen and oxygen atoms in total. The molecule has 26 heavy (non-hydrogen) atoms. The summed E-state index contributed by atoms with van der Waals surface area (Å²) < 4.78 is 5.53. The number of fused-ring (bicyclic) bond motifs is 1. The van der Waals surface area contributed by atoms with Gasteiger partial charge in [-0.3, -0.25) is 9.59 Å². The molecule has 0 unspecified atom stereocenters. The molecule has 1 aromatic carbocycles. The second-order valence-corrected chi connectivity index (χ2v) is 6.75. The van der Waals surface area contributed by atoms with E-state index in [-0.39, 0.29) is 18.4 Å². The van der Waals surface area contributed by atoms with Gasteiger partial charge in [-0.1, -0.05) is 32.0 Å². The van der Waals surface area contributed by atoms with Crippen molar-refractivity contribution < 1.29 is 14.3 Å². The first-order valence-corrected chi connectivity index (χ1v) is 8.80. The van der Waals surface area contributed by atoms with Crippen molar-refractivity contribution in [2.75, 3.05) is 23.4 Å². The number of nitrogens with one attached hydrogen (secondary N) is 1. The first-order valence-electron chi connectivity index (χ1n) is 8.80. The summed E-state index contributed by atoms with van der Waals surface area (Å²) >= 11 is 0. The van der Waals surface area contributed by atoms with Crippen LogP contribution in [0.2, 0.25) is 0 Å². The van der Waals surface area contributed by atoms with Crippen molar-refractivity contribution in [1.82, 2.24) is 4.98 Å². The summed E-state index contributed by atoms with van der Waals surface area (Å²) in [5, 5.41) is 2.78. The lowest BCUT2D eigenvalue weighted by molar-refractivity contribution is -0.121. The molecule has 0 fully saturated rings. The lowest BCUT2D eigenvalue weighted by Gasteiger charge is -2.28. The van der Waals surface area contributed by atoms with Gasteiger partial charge in [0.15, 0.2) is 0 Å². The number of hydrogen-bond acceptors (Lipinski definition) is 4. The highest BCUT2D eigenvalue weighted by Crippen LogP contribution is 2.27. The number of benzene rings is 1. The molecule has 3 rings (SSSR count). The van der Waals surface area contributed by atoms with E-state index in [1.807, 2.05) is 24.3 Å². The maximum Gasteiger partial charge on any atom is 0.244 e. The molecule has 0 atom stereocenters. The van der Waals surface area contributed by atoms with E-state index in [1.54, 1.807) is 23.2 Å². The molecule has 0 spiro atoms. The number of aromatic nitrogens is 1. The van der Waals surface area contributed by atoms with Crippen LogP contribution in [-0.2, 0) is 16.0 Å². The highest BCUT2D eigenvalue weighted by molar-refractivity contribution is 6.04. The Bertz CT molecular complexity index is 787. The maximum atomic E-state index is 12.4. The van der Waals surface area contributed by atoms with Crippen molar-refractivity contribution in [3.05, 3.63) is 48.2 Å². The third kappa shape index (κ3) is 4.39. The van der Waals surface area contributed by atoms with E-state index in [0.717, 1.165) is 17.7 Å². The van der Waals surface area contributed by atoms with Gasteiger partial charge in [-0.15, -0.1) is 0 Å². The summed E-state index contributed by atoms with van der Waals surface area (Å²) in [6.45, 7) is 4.71. The van der Waals surface area contributed by atoms with Gasteiger partial charge in [-0.25, -0.2) is 4.98 Å². The molecule has 1 aliphatic rings. The van der Waals surface area contributed by atoms with Crippen molar-refractivity contribution in [3.8, 4) is 5.88 Å². The molecular formula is C20H23N3O3. The zero-order valence-corrected chi connectivity index (χ0v) is 15.1. The summed E-state index contributed by atoms with van der Waals surface area (Å²) in [6.07, 6.45) is 2.70. The predicted molar refractivity (Wildman–Crippen MR) is 100 cm³/mol. The summed E-state index contributed by atoms with van der Waals surface area (Å²) in [7, 11) is 0. The van der Waals surface area contributed by atoms with Crippen molar-refractivity contribution >= 4 is 23.2 Å². The third-order valence-corrected chi connectivity index (χ3v) is 4.08. The summed E-state index contributed by atoms with van der Waals surface area (Å²) in [5.74, 6) is 0.653. The second-order valence-electron chi connectivity index (χ2n) is 6.75. The number of pyridine rings is 1. The Morgan fingerprint density at radius 3 is 2.77 bits per heavy atom. The quantitative estimate of drug-likeness (QED) is 0.866. The first-order chi connectivity index (χ1) is 12.5. The van der Waals surface area contributed by atoms with Crippen LogP contribution in [0.15, 0.2) is 42.6 Å². The molecule has 1 aromatic heterocycles. The van der Waals surface area contributed by atoms with Gasteiger partial charge >= 0.3 is 0 Å². The van der Waals surface area contributed by atoms with E-state index in [4.69, 9.17) is 4.74 Å². The first kappa shape index (κ1) is 17.9. The van der Waals surface area contributed by atoms with Crippen molar-refractivity contribution in [1.29, 1.82) is 0 Å². The monoisotopic (exact) mass is 353 g/mol. The molecule has 0 aliphatic carbocycles. The molecule has 136 valence electrons. The number of nitrogens with zero attached hydrogens (tertiary/aromatic N) is 2. The Morgan fingerprint density at radius 2 is 2.04 bits per heavy atom. The van der Waals surface area contributed by atoms with Crippen LogP contribution >= 0.6 is 0 Å². The van der Waals surface area contributed by atoms with Crippen molar-refractivity contribution in [2.45, 2.75) is 26.7 Å². The lowest BCUT2D eigenvalue weighted by atomic mass is 10.0. The summed E-state index contributed by atoms with van der Waals surface area (Å²) in [6, 6.07) is 11.2. The highest BCUT2D eigenvalue weighted by Gasteiger charge is 2.25. The van der Waals surface area contributed by atoms with E-state index in [9.17, 15) is 9.59 Å². The molecule has 1 N–H and O–H groups in total. The molecule has 0 bridgehead atoms. The van der Waals surface area contributed by atoms with Gasteiger partial charge < -0.3 is 15.0 Å². The van der Waals surface area contributed by atoms with Crippen molar-refractivity contribution in [3.63, 3.8) is 0 Å². The fourth-order valence-corrected chi connectivity index (χ4v) is 2.81. The van der Waals surface area contributed by atoms with Gasteiger partial charge in [0.2, 0.25) is 17.7 Å². The number of carbonyl (C=O) groups is 2. The van der Waals surface area contributed by atoms with Crippen LogP contribution in [0.25, 0.3) is 0 Å². The number of rotatable bonds is 6. The Morgan fingerprint density at radius 1 is 1.23 bits per heavy atom. The van der Waals surface area contributed by atoms with Crippen LogP contribution in [-0.4, -0.2) is 29.9 Å². The molecule has 2 heterocycles. The molecule has 2 aromatic rings.